The van der Waals surface area contributed by atoms with E-state index < -0.39 is 18.0 Å². The second-order valence-electron chi connectivity index (χ2n) is 6.73. The summed E-state index contributed by atoms with van der Waals surface area (Å²) in [6, 6.07) is 11.3. The maximum Gasteiger partial charge on any atom is 0.322 e. The molecule has 0 saturated carbocycles. The van der Waals surface area contributed by atoms with Crippen LogP contribution < -0.4 is 14.8 Å². The Hall–Kier alpha value is -2.81. The first-order chi connectivity index (χ1) is 14.0. The molecule has 1 fully saturated rings. The van der Waals surface area contributed by atoms with Crippen LogP contribution in [-0.2, 0) is 4.79 Å². The van der Waals surface area contributed by atoms with Crippen LogP contribution in [0.3, 0.4) is 0 Å². The molecule has 9 heteroatoms. The van der Waals surface area contributed by atoms with Crippen LogP contribution in [0.5, 0.6) is 11.5 Å². The Morgan fingerprint density at radius 3 is 2.45 bits per heavy atom. The molecule has 1 unspecified atom stereocenters. The molecule has 1 N–H and O–H groups in total. The zero-order chi connectivity index (χ0) is 20.4. The molecule has 2 aromatic rings. The molecular formula is C20H19BrFN3O4. The molecule has 2 aliphatic heterocycles. The maximum absolute atomic E-state index is 13.9. The molecule has 3 amide bonds. The number of halogens is 2. The van der Waals surface area contributed by atoms with Crippen LogP contribution in [0.2, 0.25) is 0 Å². The van der Waals surface area contributed by atoms with E-state index in [1.165, 1.54) is 12.1 Å². The number of benzene rings is 2. The quantitative estimate of drug-likeness (QED) is 0.742. The van der Waals surface area contributed by atoms with E-state index in [2.05, 4.69) is 21.2 Å². The van der Waals surface area contributed by atoms with E-state index in [1.807, 2.05) is 12.1 Å². The lowest BCUT2D eigenvalue weighted by atomic mass is 10.2. The number of nitrogens with one attached hydrogen (secondary N) is 1. The highest BCUT2D eigenvalue weighted by atomic mass is 79.9. The van der Waals surface area contributed by atoms with Gasteiger partial charge in [0.05, 0.1) is 5.69 Å². The summed E-state index contributed by atoms with van der Waals surface area (Å²) in [4.78, 5) is 28.4. The van der Waals surface area contributed by atoms with Crippen molar-refractivity contribution in [2.24, 2.45) is 0 Å². The van der Waals surface area contributed by atoms with Gasteiger partial charge in [-0.05, 0) is 30.3 Å². The van der Waals surface area contributed by atoms with E-state index in [0.717, 1.165) is 0 Å². The molecule has 0 bridgehead atoms. The van der Waals surface area contributed by atoms with E-state index in [-0.39, 0.29) is 18.2 Å². The molecule has 0 spiro atoms. The molecule has 0 aromatic heterocycles. The normalized spacial score (nSPS) is 18.3. The van der Waals surface area contributed by atoms with Crippen LogP contribution >= 0.6 is 15.9 Å². The zero-order valence-corrected chi connectivity index (χ0v) is 17.0. The van der Waals surface area contributed by atoms with Crippen LogP contribution in [0.15, 0.2) is 46.9 Å². The van der Waals surface area contributed by atoms with Crippen molar-refractivity contribution in [3.05, 3.63) is 52.8 Å². The average molecular weight is 464 g/mol. The third kappa shape index (κ3) is 4.29. The molecule has 7 nitrogen and oxygen atoms in total. The Labute approximate surface area is 175 Å². The van der Waals surface area contributed by atoms with Crippen molar-refractivity contribution in [3.63, 3.8) is 0 Å². The minimum absolute atomic E-state index is 0.114. The molecule has 2 aromatic carbocycles. The van der Waals surface area contributed by atoms with Gasteiger partial charge in [-0.1, -0.05) is 28.1 Å². The van der Waals surface area contributed by atoms with Crippen molar-refractivity contribution in [3.8, 4) is 11.5 Å². The summed E-state index contributed by atoms with van der Waals surface area (Å²) in [7, 11) is 0. The number of nitrogens with zero attached hydrogens (tertiary/aromatic N) is 2. The summed E-state index contributed by atoms with van der Waals surface area (Å²) in [5.74, 6) is 0.486. The van der Waals surface area contributed by atoms with Crippen molar-refractivity contribution in [1.29, 1.82) is 0 Å². The number of amides is 3. The summed E-state index contributed by atoms with van der Waals surface area (Å²) >= 11 is 3.18. The maximum atomic E-state index is 13.9. The van der Waals surface area contributed by atoms with E-state index >= 15 is 0 Å². The summed E-state index contributed by atoms with van der Waals surface area (Å²) in [6.07, 6.45) is -0.706. The Bertz CT molecular complexity index is 934. The first-order valence-electron chi connectivity index (χ1n) is 9.19. The number of urea groups is 1. The molecule has 0 aliphatic carbocycles. The lowest BCUT2D eigenvalue weighted by Crippen LogP contribution is -2.55. The Kier molecular flexibility index (Phi) is 5.57. The number of hydrogen-bond acceptors (Lipinski definition) is 4. The largest absolute Gasteiger partial charge is 0.485 e. The number of anilines is 1. The van der Waals surface area contributed by atoms with Gasteiger partial charge in [-0.15, -0.1) is 0 Å². The van der Waals surface area contributed by atoms with Gasteiger partial charge in [0.1, 0.15) is 12.4 Å². The van der Waals surface area contributed by atoms with Gasteiger partial charge in [-0.2, -0.15) is 0 Å². The summed E-state index contributed by atoms with van der Waals surface area (Å²) in [6.45, 7) is 1.59. The predicted molar refractivity (Wildman–Crippen MR) is 108 cm³/mol. The topological polar surface area (TPSA) is 71.1 Å². The lowest BCUT2D eigenvalue weighted by Gasteiger charge is -2.37. The molecule has 2 aliphatic rings. The van der Waals surface area contributed by atoms with Crippen LogP contribution in [0.25, 0.3) is 0 Å². The number of piperazine rings is 1. The lowest BCUT2D eigenvalue weighted by molar-refractivity contribution is -0.142. The summed E-state index contributed by atoms with van der Waals surface area (Å²) < 4.78 is 25.9. The molecule has 4 rings (SSSR count). The summed E-state index contributed by atoms with van der Waals surface area (Å²) in [5.41, 5.74) is 0.114. The minimum atomic E-state index is -0.706. The fraction of sp³-hybridized carbons (Fsp3) is 0.300. The number of fused-ring (bicyclic) bond motifs is 1. The number of carbonyl (C=O) groups excluding carboxylic acids is 2. The van der Waals surface area contributed by atoms with E-state index in [4.69, 9.17) is 9.47 Å². The van der Waals surface area contributed by atoms with Crippen molar-refractivity contribution in [2.75, 3.05) is 38.1 Å². The van der Waals surface area contributed by atoms with Crippen molar-refractivity contribution in [2.45, 2.75) is 6.10 Å². The van der Waals surface area contributed by atoms with Gasteiger partial charge in [0, 0.05) is 30.7 Å². The Balaban J connectivity index is 1.31. The molecule has 1 atom stereocenters. The number of ether oxygens (including phenoxy) is 2. The number of carbonyl (C=O) groups is 2. The smallest absolute Gasteiger partial charge is 0.322 e. The number of hydrogen-bond donors (Lipinski definition) is 1. The summed E-state index contributed by atoms with van der Waals surface area (Å²) in [5, 5.41) is 2.57. The van der Waals surface area contributed by atoms with Gasteiger partial charge in [-0.3, -0.25) is 4.79 Å². The van der Waals surface area contributed by atoms with Crippen molar-refractivity contribution < 1.29 is 23.5 Å². The SMILES string of the molecule is O=C(Nc1ccc(Br)cc1F)N1CCN(C(=O)C2COc3ccccc3O2)CC1. The average Bonchev–Trinajstić information content (AvgIpc) is 2.75. The molecule has 2 heterocycles. The highest BCUT2D eigenvalue weighted by Gasteiger charge is 2.33. The first-order valence-corrected chi connectivity index (χ1v) is 9.99. The molecule has 29 heavy (non-hydrogen) atoms. The van der Waals surface area contributed by atoms with Crippen LogP contribution in [0, 0.1) is 5.82 Å². The standard InChI is InChI=1S/C20H19BrFN3O4/c21-13-5-6-15(14(22)11-13)23-20(27)25-9-7-24(8-10-25)19(26)18-12-28-16-3-1-2-4-17(16)29-18/h1-6,11,18H,7-10,12H2,(H,23,27). The third-order valence-electron chi connectivity index (χ3n) is 4.84. The second-order valence-corrected chi connectivity index (χ2v) is 7.65. The molecule has 1 saturated heterocycles. The van der Waals surface area contributed by atoms with Crippen molar-refractivity contribution >= 4 is 33.6 Å². The molecule has 0 radical (unpaired) electrons. The van der Waals surface area contributed by atoms with Crippen molar-refractivity contribution in [1.82, 2.24) is 9.80 Å². The monoisotopic (exact) mass is 463 g/mol. The zero-order valence-electron chi connectivity index (χ0n) is 15.4. The first kappa shape index (κ1) is 19.5. The van der Waals surface area contributed by atoms with Gasteiger partial charge in [0.15, 0.2) is 11.5 Å². The Morgan fingerprint density at radius 2 is 1.72 bits per heavy atom. The van der Waals surface area contributed by atoms with E-state index in [0.29, 0.717) is 42.2 Å². The molecular weight excluding hydrogens is 445 g/mol. The predicted octanol–water partition coefficient (Wildman–Crippen LogP) is 3.10. The van der Waals surface area contributed by atoms with Gasteiger partial charge >= 0.3 is 6.03 Å². The molecule has 152 valence electrons. The van der Waals surface area contributed by atoms with Gasteiger partial charge in [-0.25, -0.2) is 9.18 Å². The fourth-order valence-electron chi connectivity index (χ4n) is 3.26. The highest BCUT2D eigenvalue weighted by molar-refractivity contribution is 9.10. The number of rotatable bonds is 2. The van der Waals surface area contributed by atoms with Crippen LogP contribution in [-0.4, -0.2) is 60.6 Å². The van der Waals surface area contributed by atoms with Crippen LogP contribution in [0.1, 0.15) is 0 Å². The highest BCUT2D eigenvalue weighted by Crippen LogP contribution is 2.31. The third-order valence-corrected chi connectivity index (χ3v) is 5.33. The second kappa shape index (κ2) is 8.28. The van der Waals surface area contributed by atoms with Gasteiger partial charge in [0.25, 0.3) is 5.91 Å². The van der Waals surface area contributed by atoms with Gasteiger partial charge < -0.3 is 24.6 Å². The van der Waals surface area contributed by atoms with E-state index in [9.17, 15) is 14.0 Å². The Morgan fingerprint density at radius 1 is 1.03 bits per heavy atom. The van der Waals surface area contributed by atoms with Crippen LogP contribution in [0.4, 0.5) is 14.9 Å². The van der Waals surface area contributed by atoms with E-state index in [1.54, 1.807) is 28.0 Å². The number of para-hydroxylation sites is 2. The fourth-order valence-corrected chi connectivity index (χ4v) is 3.59. The minimum Gasteiger partial charge on any atom is -0.485 e. The van der Waals surface area contributed by atoms with Gasteiger partial charge in [0.2, 0.25) is 6.10 Å².